The van der Waals surface area contributed by atoms with E-state index in [0.29, 0.717) is 5.56 Å². The molecule has 18 heavy (non-hydrogen) atoms. The van der Waals surface area contributed by atoms with Gasteiger partial charge in [0.2, 0.25) is 6.10 Å². The van der Waals surface area contributed by atoms with E-state index in [-0.39, 0.29) is 11.4 Å². The molecule has 1 aliphatic heterocycles. The van der Waals surface area contributed by atoms with Crippen molar-refractivity contribution in [3.63, 3.8) is 0 Å². The highest BCUT2D eigenvalue weighted by Crippen LogP contribution is 2.43. The number of nitro benzene ring substituents is 1. The zero-order chi connectivity index (χ0) is 13.5. The molecule has 1 aliphatic rings. The number of aliphatic hydroxyl groups is 1. The fraction of sp³-hybridized carbons (Fsp3) is 0.364. The maximum absolute atomic E-state index is 11.5. The molecule has 0 spiro atoms. The highest BCUT2D eigenvalue weighted by molar-refractivity contribution is 5.79. The number of carbonyl (C=O) groups is 1. The van der Waals surface area contributed by atoms with Gasteiger partial charge in [-0.25, -0.2) is 4.79 Å². The van der Waals surface area contributed by atoms with Crippen LogP contribution < -0.4 is 4.74 Å². The van der Waals surface area contributed by atoms with Gasteiger partial charge >= 0.3 is 5.97 Å². The first-order valence-electron chi connectivity index (χ1n) is 5.13. The predicted molar refractivity (Wildman–Crippen MR) is 59.1 cm³/mol. The van der Waals surface area contributed by atoms with Crippen LogP contribution in [0.5, 0.6) is 5.75 Å². The maximum Gasteiger partial charge on any atom is 0.350 e. The molecule has 0 aromatic heterocycles. The minimum absolute atomic E-state index is 0.115. The summed E-state index contributed by atoms with van der Waals surface area (Å²) in [4.78, 5) is 21.5. The van der Waals surface area contributed by atoms with Crippen molar-refractivity contribution >= 4 is 11.7 Å². The van der Waals surface area contributed by atoms with Crippen molar-refractivity contribution in [2.45, 2.75) is 18.6 Å². The molecule has 0 amide bonds. The molecular formula is C11H11NO6. The Bertz CT molecular complexity index is 524. The molecule has 0 saturated heterocycles. The first-order valence-corrected chi connectivity index (χ1v) is 5.13. The van der Waals surface area contributed by atoms with Gasteiger partial charge in [-0.05, 0) is 13.0 Å². The molecule has 2 atom stereocenters. The highest BCUT2D eigenvalue weighted by Gasteiger charge is 2.49. The summed E-state index contributed by atoms with van der Waals surface area (Å²) >= 11 is 0. The van der Waals surface area contributed by atoms with Crippen LogP contribution >= 0.6 is 0 Å². The zero-order valence-corrected chi connectivity index (χ0v) is 9.75. The van der Waals surface area contributed by atoms with Crippen molar-refractivity contribution in [2.24, 2.45) is 0 Å². The van der Waals surface area contributed by atoms with Crippen molar-refractivity contribution in [1.29, 1.82) is 0 Å². The van der Waals surface area contributed by atoms with Crippen LogP contribution in [0.4, 0.5) is 5.69 Å². The molecule has 1 N–H and O–H groups in total. The average Bonchev–Trinajstić information content (AvgIpc) is 2.60. The normalized spacial score (nSPS) is 25.2. The van der Waals surface area contributed by atoms with Crippen LogP contribution in [0.25, 0.3) is 0 Å². The van der Waals surface area contributed by atoms with Gasteiger partial charge in [-0.15, -0.1) is 0 Å². The van der Waals surface area contributed by atoms with Gasteiger partial charge in [-0.1, -0.05) is 0 Å². The van der Waals surface area contributed by atoms with Gasteiger partial charge < -0.3 is 14.6 Å². The Balaban J connectivity index is 2.45. The van der Waals surface area contributed by atoms with Gasteiger partial charge in [0.05, 0.1) is 18.1 Å². The summed E-state index contributed by atoms with van der Waals surface area (Å²) in [6.45, 7) is 1.40. The molecule has 7 heteroatoms. The van der Waals surface area contributed by atoms with E-state index < -0.39 is 22.6 Å². The number of methoxy groups -OCH3 is 1. The fourth-order valence-corrected chi connectivity index (χ4v) is 1.91. The highest BCUT2D eigenvalue weighted by atomic mass is 16.6. The lowest BCUT2D eigenvalue weighted by molar-refractivity contribution is -0.384. The van der Waals surface area contributed by atoms with Crippen LogP contribution in [-0.4, -0.2) is 29.2 Å². The van der Waals surface area contributed by atoms with Crippen LogP contribution in [0.15, 0.2) is 18.2 Å². The van der Waals surface area contributed by atoms with Crippen LogP contribution in [0.2, 0.25) is 0 Å². The summed E-state index contributed by atoms with van der Waals surface area (Å²) in [5.41, 5.74) is -1.42. The average molecular weight is 253 g/mol. The number of hydrogen-bond acceptors (Lipinski definition) is 6. The molecule has 7 nitrogen and oxygen atoms in total. The Kier molecular flexibility index (Phi) is 2.70. The number of benzene rings is 1. The summed E-state index contributed by atoms with van der Waals surface area (Å²) in [6.07, 6.45) is -1.22. The third kappa shape index (κ3) is 1.68. The topological polar surface area (TPSA) is 98.9 Å². The van der Waals surface area contributed by atoms with Gasteiger partial charge in [0.1, 0.15) is 11.4 Å². The molecule has 0 fully saturated rings. The van der Waals surface area contributed by atoms with Gasteiger partial charge in [0, 0.05) is 11.6 Å². The van der Waals surface area contributed by atoms with Gasteiger partial charge in [-0.3, -0.25) is 10.1 Å². The van der Waals surface area contributed by atoms with Gasteiger partial charge in [-0.2, -0.15) is 0 Å². The Labute approximate surface area is 102 Å². The lowest BCUT2D eigenvalue weighted by atomic mass is 9.92. The lowest BCUT2D eigenvalue weighted by Gasteiger charge is -2.21. The summed E-state index contributed by atoms with van der Waals surface area (Å²) < 4.78 is 9.76. The standard InChI is InChI=1S/C11H11NO6/c1-11(14)7-4-3-6(12(15)16)5-8(7)18-9(11)10(13)17-2/h3-5,9,14H,1-2H3/t9-,11-/m1/s1. The SMILES string of the molecule is COC(=O)[C@H]1Oc2cc([N+](=O)[O-])ccc2[C@@]1(C)O. The summed E-state index contributed by atoms with van der Waals surface area (Å²) in [5, 5.41) is 20.9. The molecule has 1 aromatic carbocycles. The Morgan fingerprint density at radius 3 is 2.83 bits per heavy atom. The third-order valence-electron chi connectivity index (χ3n) is 2.89. The molecule has 96 valence electrons. The van der Waals surface area contributed by atoms with E-state index in [1.54, 1.807) is 0 Å². The second-order valence-electron chi connectivity index (χ2n) is 4.11. The Morgan fingerprint density at radius 1 is 1.61 bits per heavy atom. The first kappa shape index (κ1) is 12.3. The quantitative estimate of drug-likeness (QED) is 0.474. The number of hydrogen-bond donors (Lipinski definition) is 1. The van der Waals surface area contributed by atoms with Crippen LogP contribution in [0.3, 0.4) is 0 Å². The van der Waals surface area contributed by atoms with Gasteiger partial charge in [0.15, 0.2) is 0 Å². The van der Waals surface area contributed by atoms with E-state index in [1.807, 2.05) is 0 Å². The number of carbonyl (C=O) groups excluding carboxylic acids is 1. The van der Waals surface area contributed by atoms with E-state index in [2.05, 4.69) is 4.74 Å². The van der Waals surface area contributed by atoms with Gasteiger partial charge in [0.25, 0.3) is 5.69 Å². The van der Waals surface area contributed by atoms with Crippen molar-refractivity contribution in [3.05, 3.63) is 33.9 Å². The molecular weight excluding hydrogens is 242 g/mol. The second-order valence-corrected chi connectivity index (χ2v) is 4.11. The maximum atomic E-state index is 11.5. The molecule has 0 saturated carbocycles. The minimum Gasteiger partial charge on any atom is -0.475 e. The molecule has 2 rings (SSSR count). The number of fused-ring (bicyclic) bond motifs is 1. The van der Waals surface area contributed by atoms with E-state index >= 15 is 0 Å². The molecule has 1 heterocycles. The predicted octanol–water partition coefficient (Wildman–Crippen LogP) is 0.736. The lowest BCUT2D eigenvalue weighted by Crippen LogP contribution is -2.42. The Morgan fingerprint density at radius 2 is 2.28 bits per heavy atom. The fourth-order valence-electron chi connectivity index (χ4n) is 1.91. The smallest absolute Gasteiger partial charge is 0.350 e. The van der Waals surface area contributed by atoms with E-state index in [9.17, 15) is 20.0 Å². The van der Waals surface area contributed by atoms with E-state index in [1.165, 1.54) is 32.2 Å². The van der Waals surface area contributed by atoms with Crippen LogP contribution in [0, 0.1) is 10.1 Å². The second kappa shape index (κ2) is 3.95. The first-order chi connectivity index (χ1) is 8.37. The number of non-ortho nitro benzene ring substituents is 1. The monoisotopic (exact) mass is 253 g/mol. The third-order valence-corrected chi connectivity index (χ3v) is 2.89. The van der Waals surface area contributed by atoms with Crippen molar-refractivity contribution in [1.82, 2.24) is 0 Å². The summed E-state index contributed by atoms with van der Waals surface area (Å²) in [5.74, 6) is -0.622. The molecule has 1 aromatic rings. The van der Waals surface area contributed by atoms with Crippen molar-refractivity contribution in [2.75, 3.05) is 7.11 Å². The number of ether oxygens (including phenoxy) is 2. The van der Waals surface area contributed by atoms with Crippen molar-refractivity contribution in [3.8, 4) is 5.75 Å². The molecule has 0 radical (unpaired) electrons. The number of esters is 1. The number of nitrogens with zero attached hydrogens (tertiary/aromatic N) is 1. The zero-order valence-electron chi connectivity index (χ0n) is 9.75. The number of rotatable bonds is 2. The van der Waals surface area contributed by atoms with E-state index in [4.69, 9.17) is 4.74 Å². The largest absolute Gasteiger partial charge is 0.475 e. The van der Waals surface area contributed by atoms with E-state index in [0.717, 1.165) is 0 Å². The Hall–Kier alpha value is -2.15. The minimum atomic E-state index is -1.57. The molecule has 0 bridgehead atoms. The summed E-state index contributed by atoms with van der Waals surface area (Å²) in [6, 6.07) is 3.79. The van der Waals surface area contributed by atoms with Crippen LogP contribution in [0.1, 0.15) is 12.5 Å². The molecule has 0 unspecified atom stereocenters. The molecule has 0 aliphatic carbocycles. The van der Waals surface area contributed by atoms with Crippen molar-refractivity contribution < 1.29 is 24.3 Å². The number of nitro groups is 1. The van der Waals surface area contributed by atoms with Crippen LogP contribution in [-0.2, 0) is 15.1 Å². The summed E-state index contributed by atoms with van der Waals surface area (Å²) in [7, 11) is 1.17.